The van der Waals surface area contributed by atoms with E-state index in [9.17, 15) is 4.79 Å². The maximum atomic E-state index is 12.5. The highest BCUT2D eigenvalue weighted by Crippen LogP contribution is 2.20. The Labute approximate surface area is 167 Å². The lowest BCUT2D eigenvalue weighted by atomic mass is 10.2. The monoisotopic (exact) mass is 382 g/mol. The normalized spacial score (nSPS) is 14.7. The lowest BCUT2D eigenvalue weighted by Gasteiger charge is -2.34. The van der Waals surface area contributed by atoms with Gasteiger partial charge in [-0.2, -0.15) is 0 Å². The molecule has 0 aliphatic carbocycles. The molecule has 150 valence electrons. The summed E-state index contributed by atoms with van der Waals surface area (Å²) < 4.78 is 11.4. The molecule has 28 heavy (non-hydrogen) atoms. The Kier molecular flexibility index (Phi) is 7.73. The van der Waals surface area contributed by atoms with Gasteiger partial charge in [-0.25, -0.2) is 0 Å². The number of nitrogens with zero attached hydrogens (tertiary/aromatic N) is 2. The average molecular weight is 383 g/mol. The van der Waals surface area contributed by atoms with Crippen LogP contribution in [-0.4, -0.2) is 55.1 Å². The fourth-order valence-electron chi connectivity index (χ4n) is 3.22. The Morgan fingerprint density at radius 1 is 0.929 bits per heavy atom. The van der Waals surface area contributed by atoms with E-state index in [0.29, 0.717) is 12.4 Å². The van der Waals surface area contributed by atoms with Crippen molar-refractivity contribution in [2.24, 2.45) is 0 Å². The van der Waals surface area contributed by atoms with Gasteiger partial charge in [0.15, 0.2) is 6.61 Å². The van der Waals surface area contributed by atoms with Crippen molar-refractivity contribution in [3.05, 3.63) is 60.2 Å². The zero-order chi connectivity index (χ0) is 19.6. The van der Waals surface area contributed by atoms with Gasteiger partial charge in [0, 0.05) is 38.8 Å². The fraction of sp³-hybridized carbons (Fsp3) is 0.435. The first kappa shape index (κ1) is 20.2. The van der Waals surface area contributed by atoms with Crippen LogP contribution in [-0.2, 0) is 11.3 Å². The number of hydrogen-bond acceptors (Lipinski definition) is 4. The first-order valence-electron chi connectivity index (χ1n) is 10.1. The molecule has 1 saturated heterocycles. The number of amides is 1. The van der Waals surface area contributed by atoms with Crippen molar-refractivity contribution in [1.82, 2.24) is 9.80 Å². The molecule has 0 N–H and O–H groups in total. The van der Waals surface area contributed by atoms with E-state index in [0.717, 1.165) is 51.3 Å². The summed E-state index contributed by atoms with van der Waals surface area (Å²) in [6.07, 6.45) is 2.13. The van der Waals surface area contributed by atoms with Crippen molar-refractivity contribution in [1.29, 1.82) is 0 Å². The molecule has 0 saturated carbocycles. The molecule has 5 nitrogen and oxygen atoms in total. The lowest BCUT2D eigenvalue weighted by Crippen LogP contribution is -2.49. The molecule has 1 aliphatic heterocycles. The summed E-state index contributed by atoms with van der Waals surface area (Å²) in [5.74, 6) is 1.50. The van der Waals surface area contributed by atoms with Crippen LogP contribution in [0.4, 0.5) is 0 Å². The Balaban J connectivity index is 1.40. The summed E-state index contributed by atoms with van der Waals surface area (Å²) in [7, 11) is 0. The molecule has 0 unspecified atom stereocenters. The molecule has 1 heterocycles. The van der Waals surface area contributed by atoms with Gasteiger partial charge in [0.1, 0.15) is 11.5 Å². The summed E-state index contributed by atoms with van der Waals surface area (Å²) in [6.45, 7) is 7.11. The summed E-state index contributed by atoms with van der Waals surface area (Å²) >= 11 is 0. The molecule has 0 radical (unpaired) electrons. The predicted octanol–water partition coefficient (Wildman–Crippen LogP) is 3.59. The maximum Gasteiger partial charge on any atom is 0.260 e. The molecule has 0 bridgehead atoms. The van der Waals surface area contributed by atoms with Gasteiger partial charge in [-0.1, -0.05) is 49.7 Å². The second-order valence-corrected chi connectivity index (χ2v) is 7.11. The van der Waals surface area contributed by atoms with Crippen molar-refractivity contribution in [3.8, 4) is 11.5 Å². The van der Waals surface area contributed by atoms with E-state index in [1.807, 2.05) is 35.2 Å². The number of piperazine rings is 1. The first-order chi connectivity index (χ1) is 13.7. The van der Waals surface area contributed by atoms with Crippen molar-refractivity contribution in [3.63, 3.8) is 0 Å². The molecule has 2 aromatic carbocycles. The van der Waals surface area contributed by atoms with Crippen LogP contribution >= 0.6 is 0 Å². The van der Waals surface area contributed by atoms with Crippen LogP contribution in [0.1, 0.15) is 25.3 Å². The molecule has 3 rings (SSSR count). The van der Waals surface area contributed by atoms with Crippen LogP contribution in [0.5, 0.6) is 11.5 Å². The standard InChI is InChI=1S/C23H30N2O3/c1-2-3-16-27-21-10-7-11-22(17-21)28-19-23(26)25-14-12-24(13-15-25)18-20-8-5-4-6-9-20/h4-11,17H,2-3,12-16,18-19H2,1H3. The fourth-order valence-corrected chi connectivity index (χ4v) is 3.22. The Hall–Kier alpha value is -2.53. The highest BCUT2D eigenvalue weighted by Gasteiger charge is 2.21. The highest BCUT2D eigenvalue weighted by molar-refractivity contribution is 5.77. The third-order valence-corrected chi connectivity index (χ3v) is 4.91. The van der Waals surface area contributed by atoms with Gasteiger partial charge in [0.05, 0.1) is 6.61 Å². The first-order valence-corrected chi connectivity index (χ1v) is 10.1. The van der Waals surface area contributed by atoms with Gasteiger partial charge in [-0.05, 0) is 24.1 Å². The molecular weight excluding hydrogens is 352 g/mol. The van der Waals surface area contributed by atoms with Gasteiger partial charge in [0.25, 0.3) is 5.91 Å². The van der Waals surface area contributed by atoms with Crippen LogP contribution in [0.15, 0.2) is 54.6 Å². The number of rotatable bonds is 9. The molecule has 0 spiro atoms. The molecule has 1 amide bonds. The quantitative estimate of drug-likeness (QED) is 0.622. The van der Waals surface area contributed by atoms with Gasteiger partial charge in [-0.3, -0.25) is 9.69 Å². The number of ether oxygens (including phenoxy) is 2. The zero-order valence-electron chi connectivity index (χ0n) is 16.7. The third kappa shape index (κ3) is 6.27. The van der Waals surface area contributed by atoms with E-state index >= 15 is 0 Å². The summed E-state index contributed by atoms with van der Waals surface area (Å²) in [5.41, 5.74) is 1.31. The number of carbonyl (C=O) groups excluding carboxylic acids is 1. The van der Waals surface area contributed by atoms with Crippen molar-refractivity contribution < 1.29 is 14.3 Å². The van der Waals surface area contributed by atoms with E-state index < -0.39 is 0 Å². The average Bonchev–Trinajstić information content (AvgIpc) is 2.74. The Morgan fingerprint density at radius 2 is 1.64 bits per heavy atom. The predicted molar refractivity (Wildman–Crippen MR) is 111 cm³/mol. The van der Waals surface area contributed by atoms with Crippen molar-refractivity contribution in [2.45, 2.75) is 26.3 Å². The second kappa shape index (κ2) is 10.7. The van der Waals surface area contributed by atoms with Crippen LogP contribution in [0, 0.1) is 0 Å². The highest BCUT2D eigenvalue weighted by atomic mass is 16.5. The molecule has 2 aromatic rings. The molecule has 1 fully saturated rings. The number of benzene rings is 2. The Morgan fingerprint density at radius 3 is 2.36 bits per heavy atom. The van der Waals surface area contributed by atoms with Crippen LogP contribution in [0.2, 0.25) is 0 Å². The van der Waals surface area contributed by atoms with Gasteiger partial charge in [0.2, 0.25) is 0 Å². The van der Waals surface area contributed by atoms with Crippen LogP contribution in [0.25, 0.3) is 0 Å². The van der Waals surface area contributed by atoms with Crippen LogP contribution in [0.3, 0.4) is 0 Å². The minimum atomic E-state index is 0.0386. The zero-order valence-corrected chi connectivity index (χ0v) is 16.7. The summed E-state index contributed by atoms with van der Waals surface area (Å²) in [6, 6.07) is 18.0. The lowest BCUT2D eigenvalue weighted by molar-refractivity contribution is -0.135. The second-order valence-electron chi connectivity index (χ2n) is 7.11. The smallest absolute Gasteiger partial charge is 0.260 e. The minimum absolute atomic E-state index is 0.0386. The third-order valence-electron chi connectivity index (χ3n) is 4.91. The molecule has 0 aromatic heterocycles. The van der Waals surface area contributed by atoms with Gasteiger partial charge >= 0.3 is 0 Å². The van der Waals surface area contributed by atoms with E-state index in [2.05, 4.69) is 36.1 Å². The minimum Gasteiger partial charge on any atom is -0.493 e. The summed E-state index contributed by atoms with van der Waals surface area (Å²) in [4.78, 5) is 16.8. The molecule has 1 aliphatic rings. The van der Waals surface area contributed by atoms with E-state index in [1.165, 1.54) is 5.56 Å². The van der Waals surface area contributed by atoms with E-state index in [1.54, 1.807) is 0 Å². The largest absolute Gasteiger partial charge is 0.493 e. The van der Waals surface area contributed by atoms with E-state index in [-0.39, 0.29) is 12.5 Å². The van der Waals surface area contributed by atoms with Crippen molar-refractivity contribution in [2.75, 3.05) is 39.4 Å². The van der Waals surface area contributed by atoms with Crippen molar-refractivity contribution >= 4 is 5.91 Å². The molecule has 5 heteroatoms. The van der Waals surface area contributed by atoms with E-state index in [4.69, 9.17) is 9.47 Å². The Bertz CT molecular complexity index is 728. The molecule has 0 atom stereocenters. The number of carbonyl (C=O) groups is 1. The SMILES string of the molecule is CCCCOc1cccc(OCC(=O)N2CCN(Cc3ccccc3)CC2)c1. The molecular formula is C23H30N2O3. The van der Waals surface area contributed by atoms with Gasteiger partial charge in [-0.15, -0.1) is 0 Å². The number of unbranched alkanes of at least 4 members (excludes halogenated alkanes) is 1. The summed E-state index contributed by atoms with van der Waals surface area (Å²) in [5, 5.41) is 0. The maximum absolute atomic E-state index is 12.5. The topological polar surface area (TPSA) is 42.0 Å². The van der Waals surface area contributed by atoms with Crippen LogP contribution < -0.4 is 9.47 Å². The van der Waals surface area contributed by atoms with Gasteiger partial charge < -0.3 is 14.4 Å². The number of hydrogen-bond donors (Lipinski definition) is 0.